The van der Waals surface area contributed by atoms with Crippen LogP contribution in [0.15, 0.2) is 54.9 Å². The summed E-state index contributed by atoms with van der Waals surface area (Å²) in [5.74, 6) is 0.492. The fourth-order valence-electron chi connectivity index (χ4n) is 5.44. The monoisotopic (exact) mass is 572 g/mol. The van der Waals surface area contributed by atoms with E-state index >= 15 is 0 Å². The number of halogens is 3. The number of pyridine rings is 2. The van der Waals surface area contributed by atoms with Crippen LogP contribution in [0.5, 0.6) is 5.88 Å². The third-order valence-corrected chi connectivity index (χ3v) is 8.55. The zero-order valence-corrected chi connectivity index (χ0v) is 23.6. The van der Waals surface area contributed by atoms with Crippen LogP contribution in [0.3, 0.4) is 0 Å². The lowest BCUT2D eigenvalue weighted by molar-refractivity contribution is 0.0769. The first-order valence-electron chi connectivity index (χ1n) is 13.1. The molecule has 2 aromatic heterocycles. The molecule has 0 saturated carbocycles. The number of hydrogen-bond acceptors (Lipinski definition) is 5. The second kappa shape index (κ2) is 12.2. The zero-order valence-electron chi connectivity index (χ0n) is 21.3. The van der Waals surface area contributed by atoms with Gasteiger partial charge in [0.05, 0.1) is 20.6 Å². The summed E-state index contributed by atoms with van der Waals surface area (Å²) in [4.78, 5) is 26.8. The molecule has 0 bridgehead atoms. The fourth-order valence-corrected chi connectivity index (χ4v) is 5.85. The minimum Gasteiger partial charge on any atom is -0.474 e. The van der Waals surface area contributed by atoms with Crippen molar-refractivity contribution in [2.75, 3.05) is 32.7 Å². The molecule has 6 nitrogen and oxygen atoms in total. The van der Waals surface area contributed by atoms with Crippen molar-refractivity contribution in [1.82, 2.24) is 19.8 Å². The molecule has 38 heavy (non-hydrogen) atoms. The van der Waals surface area contributed by atoms with Gasteiger partial charge in [-0.25, -0.2) is 4.98 Å². The molecule has 0 N–H and O–H groups in total. The van der Waals surface area contributed by atoms with Crippen molar-refractivity contribution in [3.8, 4) is 5.88 Å². The molecule has 5 rings (SSSR count). The highest BCUT2D eigenvalue weighted by Gasteiger charge is 2.40. The second-order valence-corrected chi connectivity index (χ2v) is 11.4. The standard InChI is InChI=1S/C29H31Cl3N4O2/c1-19(38-28-9-6-22(30)16-34-28)24-17-36(18-25(24)20-5-8-26(31)27(32)14-20)29(37)21-4-7-23(33-15-21)10-13-35-11-2-3-12-35/h4-9,14-16,19,24-25H,2-3,10-13,17-18H2,1H3/t19?,24?,25-/m0/s1. The maximum absolute atomic E-state index is 13.5. The molecule has 2 unspecified atom stereocenters. The van der Waals surface area contributed by atoms with Crippen molar-refractivity contribution in [2.45, 2.75) is 38.2 Å². The van der Waals surface area contributed by atoms with Crippen LogP contribution < -0.4 is 4.74 Å². The highest BCUT2D eigenvalue weighted by atomic mass is 35.5. The molecule has 2 aliphatic heterocycles. The minimum absolute atomic E-state index is 0.0152. The van der Waals surface area contributed by atoms with Crippen molar-refractivity contribution >= 4 is 40.7 Å². The number of likely N-dealkylation sites (tertiary alicyclic amines) is 2. The Morgan fingerprint density at radius 2 is 1.82 bits per heavy atom. The molecule has 2 saturated heterocycles. The van der Waals surface area contributed by atoms with E-state index < -0.39 is 0 Å². The molecule has 200 valence electrons. The van der Waals surface area contributed by atoms with E-state index in [1.807, 2.05) is 36.1 Å². The van der Waals surface area contributed by atoms with Crippen LogP contribution in [0.1, 0.15) is 47.3 Å². The van der Waals surface area contributed by atoms with Gasteiger partial charge in [0.2, 0.25) is 5.88 Å². The van der Waals surface area contributed by atoms with Gasteiger partial charge in [-0.05, 0) is 68.8 Å². The van der Waals surface area contributed by atoms with E-state index in [-0.39, 0.29) is 23.8 Å². The number of carbonyl (C=O) groups excluding carboxylic acids is 1. The van der Waals surface area contributed by atoms with Gasteiger partial charge in [0.15, 0.2) is 0 Å². The lowest BCUT2D eigenvalue weighted by Crippen LogP contribution is -2.32. The van der Waals surface area contributed by atoms with Crippen molar-refractivity contribution < 1.29 is 9.53 Å². The van der Waals surface area contributed by atoms with Crippen LogP contribution in [-0.4, -0.2) is 64.5 Å². The molecular weight excluding hydrogens is 543 g/mol. The highest BCUT2D eigenvalue weighted by molar-refractivity contribution is 6.42. The normalized spacial score (nSPS) is 20.6. The number of hydrogen-bond donors (Lipinski definition) is 0. The Kier molecular flexibility index (Phi) is 8.74. The van der Waals surface area contributed by atoms with Gasteiger partial charge in [-0.2, -0.15) is 0 Å². The maximum atomic E-state index is 13.5. The van der Waals surface area contributed by atoms with Gasteiger partial charge >= 0.3 is 0 Å². The summed E-state index contributed by atoms with van der Waals surface area (Å²) in [5, 5.41) is 1.55. The number of rotatable bonds is 8. The molecule has 1 amide bonds. The van der Waals surface area contributed by atoms with Crippen LogP contribution in [0.25, 0.3) is 0 Å². The summed E-state index contributed by atoms with van der Waals surface area (Å²) in [6, 6.07) is 13.0. The third kappa shape index (κ3) is 6.42. The number of benzene rings is 1. The lowest BCUT2D eigenvalue weighted by Gasteiger charge is -2.25. The average molecular weight is 574 g/mol. The smallest absolute Gasteiger partial charge is 0.255 e. The van der Waals surface area contributed by atoms with Crippen LogP contribution in [0.2, 0.25) is 15.1 Å². The number of nitrogens with zero attached hydrogens (tertiary/aromatic N) is 4. The SMILES string of the molecule is CC(Oc1ccc(Cl)cn1)C1CN(C(=O)c2ccc(CCN3CCCC3)nc2)C[C@H]1c1ccc(Cl)c(Cl)c1. The molecule has 2 fully saturated rings. The van der Waals surface area contributed by atoms with Crippen LogP contribution in [0, 0.1) is 5.92 Å². The summed E-state index contributed by atoms with van der Waals surface area (Å²) in [6.07, 6.45) is 6.51. The van der Waals surface area contributed by atoms with E-state index in [4.69, 9.17) is 39.5 Å². The molecule has 3 aromatic rings. The summed E-state index contributed by atoms with van der Waals surface area (Å²) in [6.45, 7) is 6.44. The number of aromatic nitrogens is 2. The van der Waals surface area contributed by atoms with Crippen LogP contribution in [-0.2, 0) is 6.42 Å². The first-order valence-corrected chi connectivity index (χ1v) is 14.2. The average Bonchev–Trinajstić information content (AvgIpc) is 3.61. The van der Waals surface area contributed by atoms with Crippen molar-refractivity contribution in [3.05, 3.63) is 86.7 Å². The molecular formula is C29H31Cl3N4O2. The van der Waals surface area contributed by atoms with Gasteiger partial charge in [0.1, 0.15) is 6.10 Å². The first kappa shape index (κ1) is 27.2. The van der Waals surface area contributed by atoms with Crippen LogP contribution >= 0.6 is 34.8 Å². The van der Waals surface area contributed by atoms with Gasteiger partial charge in [0, 0.05) is 62.0 Å². The molecule has 0 aliphatic carbocycles. The predicted molar refractivity (Wildman–Crippen MR) is 152 cm³/mol. The van der Waals surface area contributed by atoms with Crippen molar-refractivity contribution in [2.24, 2.45) is 5.92 Å². The summed E-state index contributed by atoms with van der Waals surface area (Å²) in [5.41, 5.74) is 2.63. The Balaban J connectivity index is 1.31. The second-order valence-electron chi connectivity index (χ2n) is 10.1. The maximum Gasteiger partial charge on any atom is 0.255 e. The third-order valence-electron chi connectivity index (χ3n) is 7.59. The molecule has 0 radical (unpaired) electrons. The van der Waals surface area contributed by atoms with Gasteiger partial charge in [0.25, 0.3) is 5.91 Å². The Morgan fingerprint density at radius 1 is 1.00 bits per heavy atom. The molecule has 2 aliphatic rings. The van der Waals surface area contributed by atoms with E-state index in [1.54, 1.807) is 30.6 Å². The number of ether oxygens (including phenoxy) is 1. The number of carbonyl (C=O) groups is 1. The van der Waals surface area contributed by atoms with E-state index in [0.29, 0.717) is 39.6 Å². The summed E-state index contributed by atoms with van der Waals surface area (Å²) >= 11 is 18.5. The molecule has 1 aromatic carbocycles. The Hall–Kier alpha value is -2.38. The largest absolute Gasteiger partial charge is 0.474 e. The van der Waals surface area contributed by atoms with Crippen molar-refractivity contribution in [1.29, 1.82) is 0 Å². The Labute approximate surface area is 238 Å². The topological polar surface area (TPSA) is 58.6 Å². The molecule has 4 heterocycles. The summed E-state index contributed by atoms with van der Waals surface area (Å²) < 4.78 is 6.19. The van der Waals surface area contributed by atoms with Crippen molar-refractivity contribution in [3.63, 3.8) is 0 Å². The fraction of sp³-hybridized carbons (Fsp3) is 0.414. The van der Waals surface area contributed by atoms with E-state index in [1.165, 1.54) is 25.9 Å². The van der Waals surface area contributed by atoms with E-state index in [2.05, 4.69) is 14.9 Å². The zero-order chi connectivity index (χ0) is 26.6. The quantitative estimate of drug-likeness (QED) is 0.312. The summed E-state index contributed by atoms with van der Waals surface area (Å²) in [7, 11) is 0. The van der Waals surface area contributed by atoms with E-state index in [9.17, 15) is 4.79 Å². The molecule has 3 atom stereocenters. The lowest BCUT2D eigenvalue weighted by atomic mass is 9.86. The van der Waals surface area contributed by atoms with Gasteiger partial charge in [-0.15, -0.1) is 0 Å². The minimum atomic E-state index is -0.216. The molecule has 0 spiro atoms. The Bertz CT molecular complexity index is 1250. The Morgan fingerprint density at radius 3 is 2.50 bits per heavy atom. The van der Waals surface area contributed by atoms with E-state index in [0.717, 1.165) is 24.2 Å². The molecule has 9 heteroatoms. The first-order chi connectivity index (χ1) is 18.4. The van der Waals surface area contributed by atoms with Gasteiger partial charge in [-0.3, -0.25) is 9.78 Å². The van der Waals surface area contributed by atoms with Gasteiger partial charge in [-0.1, -0.05) is 40.9 Å². The van der Waals surface area contributed by atoms with Crippen LogP contribution in [0.4, 0.5) is 0 Å². The van der Waals surface area contributed by atoms with Gasteiger partial charge < -0.3 is 14.5 Å². The number of amides is 1. The predicted octanol–water partition coefficient (Wildman–Crippen LogP) is 6.40. The highest BCUT2D eigenvalue weighted by Crippen LogP contribution is 2.38.